The average Bonchev–Trinajstić information content (AvgIpc) is 3.04. The normalized spacial score (nSPS) is 10.2. The van der Waals surface area contributed by atoms with Crippen molar-refractivity contribution in [1.29, 1.82) is 0 Å². The predicted octanol–water partition coefficient (Wildman–Crippen LogP) is 3.83. The zero-order chi connectivity index (χ0) is 18.2. The molecule has 0 unspecified atom stereocenters. The largest absolute Gasteiger partial charge is 0.462 e. The number of carbonyl (C=O) groups is 2. The van der Waals surface area contributed by atoms with Crippen LogP contribution in [0.15, 0.2) is 58.7 Å². The van der Waals surface area contributed by atoms with Gasteiger partial charge in [0.1, 0.15) is 5.57 Å². The molecule has 2 rings (SSSR count). The highest BCUT2D eigenvalue weighted by Crippen LogP contribution is 2.19. The summed E-state index contributed by atoms with van der Waals surface area (Å²) in [5.41, 5.74) is 1.84. The number of nitrogens with zero attached hydrogens (tertiary/aromatic N) is 1. The highest BCUT2D eigenvalue weighted by molar-refractivity contribution is 9.10. The van der Waals surface area contributed by atoms with Gasteiger partial charge < -0.3 is 14.0 Å². The number of esters is 2. The van der Waals surface area contributed by atoms with E-state index in [4.69, 9.17) is 9.47 Å². The summed E-state index contributed by atoms with van der Waals surface area (Å²) < 4.78 is 12.9. The Bertz CT molecular complexity index is 759. The maximum absolute atomic E-state index is 12.0. The standard InChI is InChI=1S/C19H20BrNO4/c1-3-24-18(22)17(19(23)25-4-2)11-10-15-9-6-12-21(15)16-8-5-7-14(20)13-16/h5-9,11-13H,3-4,10H2,1-2H3. The molecule has 0 aliphatic rings. The van der Waals surface area contributed by atoms with Crippen LogP contribution in [0, 0.1) is 0 Å². The van der Waals surface area contributed by atoms with Crippen LogP contribution in [0.25, 0.3) is 5.69 Å². The number of benzene rings is 1. The molecule has 0 bridgehead atoms. The monoisotopic (exact) mass is 405 g/mol. The van der Waals surface area contributed by atoms with E-state index in [0.29, 0.717) is 6.42 Å². The Labute approximate surface area is 155 Å². The summed E-state index contributed by atoms with van der Waals surface area (Å²) in [7, 11) is 0. The summed E-state index contributed by atoms with van der Waals surface area (Å²) in [5.74, 6) is -1.33. The smallest absolute Gasteiger partial charge is 0.345 e. The lowest BCUT2D eigenvalue weighted by Gasteiger charge is -2.10. The van der Waals surface area contributed by atoms with Gasteiger partial charge in [-0.05, 0) is 44.2 Å². The van der Waals surface area contributed by atoms with Crippen molar-refractivity contribution in [1.82, 2.24) is 4.57 Å². The Kier molecular flexibility index (Phi) is 7.01. The molecule has 0 fully saturated rings. The van der Waals surface area contributed by atoms with Crippen molar-refractivity contribution in [2.45, 2.75) is 20.3 Å². The van der Waals surface area contributed by atoms with Crippen molar-refractivity contribution < 1.29 is 19.1 Å². The van der Waals surface area contributed by atoms with E-state index in [0.717, 1.165) is 15.9 Å². The third kappa shape index (κ3) is 5.06. The molecule has 0 aliphatic heterocycles. The van der Waals surface area contributed by atoms with Gasteiger partial charge in [-0.2, -0.15) is 0 Å². The SMILES string of the molecule is CCOC(=O)C(=CCc1cccn1-c1cccc(Br)c1)C(=O)OCC. The molecule has 2 aromatic rings. The maximum atomic E-state index is 12.0. The molecule has 6 heteroatoms. The fourth-order valence-corrected chi connectivity index (χ4v) is 2.72. The topological polar surface area (TPSA) is 57.5 Å². The molecule has 1 heterocycles. The number of ether oxygens (including phenoxy) is 2. The van der Waals surface area contributed by atoms with Crippen LogP contribution in [-0.4, -0.2) is 29.7 Å². The molecule has 1 aromatic heterocycles. The van der Waals surface area contributed by atoms with Crippen molar-refractivity contribution in [2.75, 3.05) is 13.2 Å². The summed E-state index contributed by atoms with van der Waals surface area (Å²) in [4.78, 5) is 24.0. The first kappa shape index (κ1) is 19.0. The number of rotatable bonds is 7. The molecule has 0 atom stereocenters. The Hall–Kier alpha value is -2.34. The van der Waals surface area contributed by atoms with Crippen LogP contribution < -0.4 is 0 Å². The third-order valence-corrected chi connectivity index (χ3v) is 3.92. The lowest BCUT2D eigenvalue weighted by molar-refractivity contribution is -0.146. The van der Waals surface area contributed by atoms with E-state index in [2.05, 4.69) is 15.9 Å². The van der Waals surface area contributed by atoms with E-state index in [9.17, 15) is 9.59 Å². The van der Waals surface area contributed by atoms with Gasteiger partial charge in [-0.3, -0.25) is 0 Å². The molecule has 1 aromatic carbocycles. The van der Waals surface area contributed by atoms with Gasteiger partial charge in [-0.15, -0.1) is 0 Å². The third-order valence-electron chi connectivity index (χ3n) is 3.43. The number of allylic oxidation sites excluding steroid dienone is 1. The molecule has 5 nitrogen and oxygen atoms in total. The van der Waals surface area contributed by atoms with Crippen LogP contribution in [0.5, 0.6) is 0 Å². The molecule has 0 spiro atoms. The van der Waals surface area contributed by atoms with Crippen molar-refractivity contribution in [3.8, 4) is 5.69 Å². The highest BCUT2D eigenvalue weighted by Gasteiger charge is 2.20. The lowest BCUT2D eigenvalue weighted by atomic mass is 10.2. The van der Waals surface area contributed by atoms with Crippen LogP contribution in [0.4, 0.5) is 0 Å². The van der Waals surface area contributed by atoms with Crippen molar-refractivity contribution in [3.05, 3.63) is 64.4 Å². The molecule has 132 valence electrons. The van der Waals surface area contributed by atoms with Crippen LogP contribution >= 0.6 is 15.9 Å². The summed E-state index contributed by atoms with van der Waals surface area (Å²) in [6, 6.07) is 11.7. The highest BCUT2D eigenvalue weighted by atomic mass is 79.9. The molecule has 0 amide bonds. The van der Waals surface area contributed by atoms with E-state index in [1.807, 2.05) is 47.2 Å². The Morgan fingerprint density at radius 3 is 2.36 bits per heavy atom. The zero-order valence-corrected chi connectivity index (χ0v) is 15.8. The fourth-order valence-electron chi connectivity index (χ4n) is 2.33. The number of hydrogen-bond acceptors (Lipinski definition) is 4. The molecular weight excluding hydrogens is 386 g/mol. The minimum Gasteiger partial charge on any atom is -0.462 e. The minimum atomic E-state index is -0.665. The van der Waals surface area contributed by atoms with Crippen LogP contribution in [0.1, 0.15) is 19.5 Å². The van der Waals surface area contributed by atoms with Gasteiger partial charge in [-0.1, -0.05) is 28.1 Å². The second kappa shape index (κ2) is 9.22. The molecule has 0 saturated heterocycles. The van der Waals surface area contributed by atoms with E-state index in [-0.39, 0.29) is 18.8 Å². The van der Waals surface area contributed by atoms with Gasteiger partial charge in [0, 0.05) is 28.5 Å². The first-order valence-corrected chi connectivity index (χ1v) is 8.82. The second-order valence-corrected chi connectivity index (χ2v) is 6.03. The number of carbonyl (C=O) groups excluding carboxylic acids is 2. The van der Waals surface area contributed by atoms with Crippen LogP contribution in [0.2, 0.25) is 0 Å². The van der Waals surface area contributed by atoms with E-state index >= 15 is 0 Å². The minimum absolute atomic E-state index is 0.0781. The first-order valence-electron chi connectivity index (χ1n) is 8.03. The van der Waals surface area contributed by atoms with Crippen LogP contribution in [-0.2, 0) is 25.5 Å². The molecule has 0 radical (unpaired) electrons. The summed E-state index contributed by atoms with van der Waals surface area (Å²) in [5, 5.41) is 0. The van der Waals surface area contributed by atoms with E-state index < -0.39 is 11.9 Å². The molecule has 0 N–H and O–H groups in total. The Balaban J connectivity index is 2.28. The lowest BCUT2D eigenvalue weighted by Crippen LogP contribution is -2.18. The van der Waals surface area contributed by atoms with Gasteiger partial charge in [0.25, 0.3) is 0 Å². The summed E-state index contributed by atoms with van der Waals surface area (Å²) >= 11 is 3.46. The Morgan fingerprint density at radius 1 is 1.08 bits per heavy atom. The zero-order valence-electron chi connectivity index (χ0n) is 14.2. The fraction of sp³-hybridized carbons (Fsp3) is 0.263. The van der Waals surface area contributed by atoms with E-state index in [1.54, 1.807) is 19.9 Å². The predicted molar refractivity (Wildman–Crippen MR) is 98.5 cm³/mol. The van der Waals surface area contributed by atoms with Gasteiger partial charge in [-0.25, -0.2) is 9.59 Å². The Morgan fingerprint density at radius 2 is 1.76 bits per heavy atom. The summed E-state index contributed by atoms with van der Waals surface area (Å²) in [6.07, 6.45) is 3.88. The second-order valence-electron chi connectivity index (χ2n) is 5.11. The van der Waals surface area contributed by atoms with Gasteiger partial charge in [0.2, 0.25) is 0 Å². The summed E-state index contributed by atoms with van der Waals surface area (Å²) in [6.45, 7) is 3.78. The molecule has 0 saturated carbocycles. The number of aromatic nitrogens is 1. The van der Waals surface area contributed by atoms with Crippen molar-refractivity contribution in [2.24, 2.45) is 0 Å². The van der Waals surface area contributed by atoms with Crippen LogP contribution in [0.3, 0.4) is 0 Å². The molecule has 25 heavy (non-hydrogen) atoms. The average molecular weight is 406 g/mol. The van der Waals surface area contributed by atoms with Crippen molar-refractivity contribution >= 4 is 27.9 Å². The number of halogens is 1. The number of hydrogen-bond donors (Lipinski definition) is 0. The quantitative estimate of drug-likeness (QED) is 0.304. The molecular formula is C19H20BrNO4. The van der Waals surface area contributed by atoms with Gasteiger partial charge in [0.05, 0.1) is 13.2 Å². The molecule has 0 aliphatic carbocycles. The van der Waals surface area contributed by atoms with Gasteiger partial charge in [0.15, 0.2) is 0 Å². The van der Waals surface area contributed by atoms with Crippen molar-refractivity contribution in [3.63, 3.8) is 0 Å². The maximum Gasteiger partial charge on any atom is 0.345 e. The van der Waals surface area contributed by atoms with Gasteiger partial charge >= 0.3 is 11.9 Å². The van der Waals surface area contributed by atoms with E-state index in [1.165, 1.54) is 0 Å². The first-order chi connectivity index (χ1) is 12.1.